The summed E-state index contributed by atoms with van der Waals surface area (Å²) in [5, 5.41) is 0. The number of hydrogen-bond donors (Lipinski definition) is 1. The van der Waals surface area contributed by atoms with Gasteiger partial charge in [-0.05, 0) is 76.7 Å². The van der Waals surface area contributed by atoms with Crippen LogP contribution in [0.4, 0.5) is 0 Å². The summed E-state index contributed by atoms with van der Waals surface area (Å²) in [6.45, 7) is 12.0. The molecule has 0 aromatic heterocycles. The lowest BCUT2D eigenvalue weighted by Crippen LogP contribution is -2.41. The van der Waals surface area contributed by atoms with Crippen LogP contribution in [0.25, 0.3) is 0 Å². The quantitative estimate of drug-likeness (QED) is 0.778. The summed E-state index contributed by atoms with van der Waals surface area (Å²) in [6.07, 6.45) is 8.25. The molecule has 118 valence electrons. The van der Waals surface area contributed by atoms with E-state index in [1.165, 1.54) is 71.2 Å². The lowest BCUT2D eigenvalue weighted by atomic mass is 9.94. The second-order valence-corrected chi connectivity index (χ2v) is 7.36. The topological polar surface area (TPSA) is 32.5 Å². The van der Waals surface area contributed by atoms with E-state index in [0.29, 0.717) is 0 Å². The van der Waals surface area contributed by atoms with Crippen molar-refractivity contribution in [3.63, 3.8) is 0 Å². The van der Waals surface area contributed by atoms with E-state index < -0.39 is 0 Å². The van der Waals surface area contributed by atoms with E-state index in [2.05, 4.69) is 23.6 Å². The summed E-state index contributed by atoms with van der Waals surface area (Å²) < 4.78 is 0. The van der Waals surface area contributed by atoms with Crippen LogP contribution in [0.1, 0.15) is 52.4 Å². The third-order valence-corrected chi connectivity index (χ3v) is 5.15. The molecule has 2 unspecified atom stereocenters. The largest absolute Gasteiger partial charge is 0.330 e. The zero-order valence-corrected chi connectivity index (χ0v) is 13.7. The highest BCUT2D eigenvalue weighted by atomic mass is 15.3. The fraction of sp³-hybridized carbons (Fsp3) is 1.00. The molecule has 2 heterocycles. The molecule has 0 aliphatic carbocycles. The Bertz CT molecular complexity index is 261. The molecule has 0 spiro atoms. The van der Waals surface area contributed by atoms with Crippen LogP contribution in [-0.2, 0) is 0 Å². The minimum Gasteiger partial charge on any atom is -0.330 e. The molecule has 2 aliphatic rings. The van der Waals surface area contributed by atoms with E-state index in [4.69, 9.17) is 5.73 Å². The van der Waals surface area contributed by atoms with E-state index >= 15 is 0 Å². The van der Waals surface area contributed by atoms with Crippen molar-refractivity contribution in [3.05, 3.63) is 0 Å². The molecule has 0 saturated carbocycles. The Morgan fingerprint density at radius 2 is 1.85 bits per heavy atom. The van der Waals surface area contributed by atoms with Crippen LogP contribution in [0.5, 0.6) is 0 Å². The monoisotopic (exact) mass is 281 g/mol. The molecule has 0 aromatic carbocycles. The van der Waals surface area contributed by atoms with Gasteiger partial charge in [0.1, 0.15) is 0 Å². The standard InChI is InChI=1S/C17H35N3/c1-15(2)12-16(13-18)6-10-19-11-7-17(14-19)20-8-4-3-5-9-20/h15-17H,3-14,18H2,1-2H3. The Morgan fingerprint density at radius 1 is 1.10 bits per heavy atom. The summed E-state index contributed by atoms with van der Waals surface area (Å²) in [5.74, 6) is 1.51. The van der Waals surface area contributed by atoms with E-state index in [1.807, 2.05) is 0 Å². The first-order chi connectivity index (χ1) is 9.69. The zero-order chi connectivity index (χ0) is 14.4. The van der Waals surface area contributed by atoms with Crippen LogP contribution in [0, 0.1) is 11.8 Å². The van der Waals surface area contributed by atoms with Crippen molar-refractivity contribution >= 4 is 0 Å². The maximum absolute atomic E-state index is 5.92. The summed E-state index contributed by atoms with van der Waals surface area (Å²) in [4.78, 5) is 5.43. The summed E-state index contributed by atoms with van der Waals surface area (Å²) in [7, 11) is 0. The number of nitrogens with two attached hydrogens (primary N) is 1. The lowest BCUT2D eigenvalue weighted by Gasteiger charge is -2.32. The first-order valence-electron chi connectivity index (χ1n) is 8.85. The smallest absolute Gasteiger partial charge is 0.0235 e. The van der Waals surface area contributed by atoms with E-state index in [-0.39, 0.29) is 0 Å². The van der Waals surface area contributed by atoms with Gasteiger partial charge in [-0.2, -0.15) is 0 Å². The van der Waals surface area contributed by atoms with Crippen LogP contribution < -0.4 is 5.73 Å². The van der Waals surface area contributed by atoms with Crippen molar-refractivity contribution in [3.8, 4) is 0 Å². The number of hydrogen-bond acceptors (Lipinski definition) is 3. The van der Waals surface area contributed by atoms with Gasteiger partial charge in [-0.25, -0.2) is 0 Å². The fourth-order valence-corrected chi connectivity index (χ4v) is 3.96. The number of nitrogens with zero attached hydrogens (tertiary/aromatic N) is 2. The molecule has 2 rings (SSSR count). The second-order valence-electron chi connectivity index (χ2n) is 7.36. The summed E-state index contributed by atoms with van der Waals surface area (Å²) >= 11 is 0. The maximum Gasteiger partial charge on any atom is 0.0235 e. The van der Waals surface area contributed by atoms with E-state index in [9.17, 15) is 0 Å². The summed E-state index contributed by atoms with van der Waals surface area (Å²) in [5.41, 5.74) is 5.92. The van der Waals surface area contributed by atoms with Crippen molar-refractivity contribution < 1.29 is 0 Å². The first kappa shape index (κ1) is 16.3. The number of likely N-dealkylation sites (tertiary alicyclic amines) is 2. The first-order valence-corrected chi connectivity index (χ1v) is 8.85. The molecule has 2 atom stereocenters. The van der Waals surface area contributed by atoms with Gasteiger partial charge in [0.25, 0.3) is 0 Å². The van der Waals surface area contributed by atoms with Gasteiger partial charge in [0.05, 0.1) is 0 Å². The number of rotatable bonds is 7. The Kier molecular flexibility index (Phi) is 6.79. The molecule has 0 aromatic rings. The van der Waals surface area contributed by atoms with Gasteiger partial charge in [-0.15, -0.1) is 0 Å². The molecular weight excluding hydrogens is 246 g/mol. The van der Waals surface area contributed by atoms with Gasteiger partial charge >= 0.3 is 0 Å². The highest BCUT2D eigenvalue weighted by Crippen LogP contribution is 2.21. The van der Waals surface area contributed by atoms with E-state index in [0.717, 1.165) is 24.4 Å². The van der Waals surface area contributed by atoms with Gasteiger partial charge in [0, 0.05) is 12.6 Å². The zero-order valence-electron chi connectivity index (χ0n) is 13.7. The van der Waals surface area contributed by atoms with Crippen molar-refractivity contribution in [2.45, 2.75) is 58.4 Å². The van der Waals surface area contributed by atoms with Gasteiger partial charge in [0.2, 0.25) is 0 Å². The van der Waals surface area contributed by atoms with E-state index in [1.54, 1.807) is 0 Å². The lowest BCUT2D eigenvalue weighted by molar-refractivity contribution is 0.160. The van der Waals surface area contributed by atoms with Crippen molar-refractivity contribution in [2.24, 2.45) is 17.6 Å². The molecule has 2 N–H and O–H groups in total. The Labute approximate surface area is 125 Å². The third kappa shape index (κ3) is 5.01. The van der Waals surface area contributed by atoms with Crippen molar-refractivity contribution in [1.29, 1.82) is 0 Å². The fourth-order valence-electron chi connectivity index (χ4n) is 3.96. The van der Waals surface area contributed by atoms with Crippen LogP contribution >= 0.6 is 0 Å². The van der Waals surface area contributed by atoms with Crippen molar-refractivity contribution in [1.82, 2.24) is 9.80 Å². The molecule has 20 heavy (non-hydrogen) atoms. The maximum atomic E-state index is 5.92. The highest BCUT2D eigenvalue weighted by Gasteiger charge is 2.28. The Balaban J connectivity index is 1.67. The Morgan fingerprint density at radius 3 is 2.50 bits per heavy atom. The average molecular weight is 281 g/mol. The molecule has 2 saturated heterocycles. The van der Waals surface area contributed by atoms with Crippen LogP contribution in [0.15, 0.2) is 0 Å². The molecule has 2 aliphatic heterocycles. The molecule has 0 bridgehead atoms. The second kappa shape index (κ2) is 8.35. The Hall–Kier alpha value is -0.120. The van der Waals surface area contributed by atoms with Crippen LogP contribution in [0.2, 0.25) is 0 Å². The highest BCUT2D eigenvalue weighted by molar-refractivity contribution is 4.85. The molecule has 3 heteroatoms. The molecular formula is C17H35N3. The molecule has 0 radical (unpaired) electrons. The average Bonchev–Trinajstić information content (AvgIpc) is 2.93. The van der Waals surface area contributed by atoms with Gasteiger partial charge < -0.3 is 10.6 Å². The van der Waals surface area contributed by atoms with Crippen LogP contribution in [-0.4, -0.2) is 55.1 Å². The SMILES string of the molecule is CC(C)CC(CN)CCN1CCC(N2CCCCC2)C1. The number of piperidine rings is 1. The van der Waals surface area contributed by atoms with Gasteiger partial charge in [0.15, 0.2) is 0 Å². The van der Waals surface area contributed by atoms with Crippen LogP contribution in [0.3, 0.4) is 0 Å². The van der Waals surface area contributed by atoms with Gasteiger partial charge in [-0.3, -0.25) is 4.90 Å². The molecule has 2 fully saturated rings. The normalized spacial score (nSPS) is 27.3. The minimum atomic E-state index is 0.726. The van der Waals surface area contributed by atoms with Gasteiger partial charge in [-0.1, -0.05) is 20.3 Å². The molecule has 0 amide bonds. The summed E-state index contributed by atoms with van der Waals surface area (Å²) in [6, 6.07) is 0.844. The predicted octanol–water partition coefficient (Wildman–Crippen LogP) is 2.56. The van der Waals surface area contributed by atoms with Crippen molar-refractivity contribution in [2.75, 3.05) is 39.3 Å². The third-order valence-electron chi connectivity index (χ3n) is 5.15. The predicted molar refractivity (Wildman–Crippen MR) is 86.9 cm³/mol. The molecule has 3 nitrogen and oxygen atoms in total. The minimum absolute atomic E-state index is 0.726.